The van der Waals surface area contributed by atoms with Gasteiger partial charge in [0.2, 0.25) is 0 Å². The number of rotatable bonds is 18. The van der Waals surface area contributed by atoms with E-state index in [9.17, 15) is 4.79 Å². The third kappa shape index (κ3) is 9.68. The van der Waals surface area contributed by atoms with Gasteiger partial charge in [0, 0.05) is 11.8 Å². The van der Waals surface area contributed by atoms with Gasteiger partial charge in [-0.2, -0.15) is 0 Å². The Morgan fingerprint density at radius 1 is 0.795 bits per heavy atom. The number of nitrogens with zero attached hydrogens (tertiary/aromatic N) is 1. The lowest BCUT2D eigenvalue weighted by Crippen LogP contribution is -2.39. The van der Waals surface area contributed by atoms with Gasteiger partial charge < -0.3 is 4.74 Å². The molecule has 3 nitrogen and oxygen atoms in total. The fourth-order valence-corrected chi connectivity index (χ4v) is 8.09. The molecule has 226 valence electrons. The number of hydrogen-bond acceptors (Lipinski definition) is 3. The van der Waals surface area contributed by atoms with E-state index in [0.29, 0.717) is 17.3 Å². The van der Waals surface area contributed by atoms with Crippen molar-refractivity contribution < 1.29 is 9.53 Å². The van der Waals surface area contributed by atoms with E-state index in [0.717, 1.165) is 43.4 Å². The van der Waals surface area contributed by atoms with Crippen LogP contribution in [0.4, 0.5) is 0 Å². The fourth-order valence-electron chi connectivity index (χ4n) is 8.09. The maximum Gasteiger partial charge on any atom is 0.195 e. The molecule has 1 heterocycles. The van der Waals surface area contributed by atoms with E-state index in [1.165, 1.54) is 108 Å². The molecule has 0 saturated heterocycles. The van der Waals surface area contributed by atoms with Crippen LogP contribution in [0.3, 0.4) is 0 Å². The molecule has 0 amide bonds. The van der Waals surface area contributed by atoms with Gasteiger partial charge in [-0.15, -0.1) is 0 Å². The highest BCUT2D eigenvalue weighted by atomic mass is 16.5. The van der Waals surface area contributed by atoms with E-state index in [4.69, 9.17) is 9.73 Å². The molecule has 1 aliphatic heterocycles. The molecule has 3 rings (SSSR count). The monoisotopic (exact) mass is 544 g/mol. The molecular formula is C36H65NO2. The summed E-state index contributed by atoms with van der Waals surface area (Å²) < 4.78 is 6.56. The van der Waals surface area contributed by atoms with E-state index in [-0.39, 0.29) is 11.1 Å². The molecule has 0 bridgehead atoms. The topological polar surface area (TPSA) is 38.7 Å². The minimum absolute atomic E-state index is 0.145. The molecule has 0 aromatic carbocycles. The lowest BCUT2D eigenvalue weighted by molar-refractivity contribution is -0.128. The number of carbonyl (C=O) groups is 1. The average molecular weight is 544 g/mol. The molecule has 39 heavy (non-hydrogen) atoms. The predicted molar refractivity (Wildman–Crippen MR) is 167 cm³/mol. The average Bonchev–Trinajstić information content (AvgIpc) is 3.55. The number of carbonyl (C=O) groups excluding carboxylic acids is 1. The van der Waals surface area contributed by atoms with Crippen LogP contribution in [0.1, 0.15) is 177 Å². The lowest BCUT2D eigenvalue weighted by Gasteiger charge is -2.47. The highest BCUT2D eigenvalue weighted by Gasteiger charge is 2.46. The van der Waals surface area contributed by atoms with Crippen molar-refractivity contribution in [2.75, 3.05) is 0 Å². The molecule has 0 aromatic heterocycles. The third-order valence-corrected chi connectivity index (χ3v) is 11.2. The molecule has 3 heteroatoms. The second-order valence-electron chi connectivity index (χ2n) is 15.2. The first kappa shape index (κ1) is 32.8. The lowest BCUT2D eigenvalue weighted by atomic mass is 9.59. The summed E-state index contributed by atoms with van der Waals surface area (Å²) in [6.45, 7) is 16.3. The zero-order valence-corrected chi connectivity index (χ0v) is 27.2. The highest BCUT2D eigenvalue weighted by Crippen LogP contribution is 2.51. The largest absolute Gasteiger partial charge is 0.345 e. The molecule has 2 saturated carbocycles. The predicted octanol–water partition coefficient (Wildman–Crippen LogP) is 10.9. The van der Waals surface area contributed by atoms with Gasteiger partial charge in [-0.25, -0.2) is 4.99 Å². The van der Waals surface area contributed by atoms with Crippen molar-refractivity contribution in [2.45, 2.75) is 189 Å². The fraction of sp³-hybridized carbons (Fsp3) is 0.944. The quantitative estimate of drug-likeness (QED) is 0.161. The zero-order chi connectivity index (χ0) is 28.5. The number of aliphatic imine (C=N–C) groups is 1. The van der Waals surface area contributed by atoms with Gasteiger partial charge >= 0.3 is 0 Å². The summed E-state index contributed by atoms with van der Waals surface area (Å²) in [6.07, 6.45) is 25.1. The maximum atomic E-state index is 13.0. The van der Waals surface area contributed by atoms with Crippen LogP contribution in [0.2, 0.25) is 0 Å². The van der Waals surface area contributed by atoms with Gasteiger partial charge in [-0.3, -0.25) is 4.79 Å². The van der Waals surface area contributed by atoms with Crippen LogP contribution in [-0.4, -0.2) is 23.3 Å². The summed E-state index contributed by atoms with van der Waals surface area (Å²) >= 11 is 0. The number of Topliss-reactive ketones (excluding diaryl/α,β-unsaturated/α-hetero) is 1. The highest BCUT2D eigenvalue weighted by molar-refractivity contribution is 6.03. The SMILES string of the molecule is CCCCCCCC(=O)C(C)(C)CC1CCC(C(C)(C)C2CCC(OC3(C)N=C3CCCCCC)CC2)CC1. The van der Waals surface area contributed by atoms with Crippen molar-refractivity contribution in [1.82, 2.24) is 0 Å². The first-order valence-corrected chi connectivity index (χ1v) is 17.3. The first-order valence-electron chi connectivity index (χ1n) is 17.3. The van der Waals surface area contributed by atoms with Crippen LogP contribution in [0.25, 0.3) is 0 Å². The molecule has 0 radical (unpaired) electrons. The van der Waals surface area contributed by atoms with Gasteiger partial charge in [0.25, 0.3) is 0 Å². The Hall–Kier alpha value is -0.700. The number of ether oxygens (including phenoxy) is 1. The Bertz CT molecular complexity index is 767. The molecular weight excluding hydrogens is 478 g/mol. The van der Waals surface area contributed by atoms with Crippen molar-refractivity contribution in [3.05, 3.63) is 0 Å². The second-order valence-corrected chi connectivity index (χ2v) is 15.2. The van der Waals surface area contributed by atoms with E-state index in [1.54, 1.807) is 0 Å². The smallest absolute Gasteiger partial charge is 0.195 e. The molecule has 1 unspecified atom stereocenters. The maximum absolute atomic E-state index is 13.0. The van der Waals surface area contributed by atoms with E-state index < -0.39 is 0 Å². The summed E-state index contributed by atoms with van der Waals surface area (Å²) in [5.41, 5.74) is 1.31. The van der Waals surface area contributed by atoms with Gasteiger partial charge in [0.05, 0.1) is 11.8 Å². The van der Waals surface area contributed by atoms with E-state index in [1.807, 2.05) is 0 Å². The summed E-state index contributed by atoms with van der Waals surface area (Å²) in [6, 6.07) is 0. The van der Waals surface area contributed by atoms with Crippen molar-refractivity contribution in [1.29, 1.82) is 0 Å². The van der Waals surface area contributed by atoms with Gasteiger partial charge in [0.15, 0.2) is 5.72 Å². The second kappa shape index (κ2) is 15.0. The summed E-state index contributed by atoms with van der Waals surface area (Å²) in [4.78, 5) is 17.8. The van der Waals surface area contributed by atoms with Gasteiger partial charge in [-0.1, -0.05) is 99.3 Å². The van der Waals surface area contributed by atoms with Crippen molar-refractivity contribution >= 4 is 11.5 Å². The Kier molecular flexibility index (Phi) is 12.6. The van der Waals surface area contributed by atoms with Crippen LogP contribution in [0, 0.1) is 28.6 Å². The van der Waals surface area contributed by atoms with Crippen LogP contribution in [0.15, 0.2) is 4.99 Å². The van der Waals surface area contributed by atoms with Crippen LogP contribution in [0.5, 0.6) is 0 Å². The Morgan fingerprint density at radius 2 is 1.33 bits per heavy atom. The third-order valence-electron chi connectivity index (χ3n) is 11.2. The zero-order valence-electron chi connectivity index (χ0n) is 27.2. The Labute approximate surface area is 243 Å². The Morgan fingerprint density at radius 3 is 1.92 bits per heavy atom. The molecule has 3 aliphatic rings. The molecule has 0 aromatic rings. The van der Waals surface area contributed by atoms with E-state index in [2.05, 4.69) is 48.5 Å². The number of hydrogen-bond donors (Lipinski definition) is 0. The number of ketones is 1. The van der Waals surface area contributed by atoms with Gasteiger partial charge in [-0.05, 0) is 94.3 Å². The first-order chi connectivity index (χ1) is 18.5. The van der Waals surface area contributed by atoms with Crippen LogP contribution in [-0.2, 0) is 9.53 Å². The van der Waals surface area contributed by atoms with Crippen molar-refractivity contribution in [3.63, 3.8) is 0 Å². The molecule has 2 aliphatic carbocycles. The van der Waals surface area contributed by atoms with Crippen molar-refractivity contribution in [3.8, 4) is 0 Å². The normalized spacial score (nSPS) is 29.8. The summed E-state index contributed by atoms with van der Waals surface area (Å²) in [5.74, 6) is 2.88. The molecule has 1 atom stereocenters. The molecule has 0 spiro atoms. The minimum atomic E-state index is -0.262. The molecule has 0 N–H and O–H groups in total. The van der Waals surface area contributed by atoms with Crippen LogP contribution >= 0.6 is 0 Å². The molecule has 2 fully saturated rings. The van der Waals surface area contributed by atoms with Gasteiger partial charge in [0.1, 0.15) is 5.78 Å². The Balaban J connectivity index is 1.35. The standard InChI is InChI=1S/C36H65NO2/c1-8-10-12-14-16-18-33(38)34(3,4)27-28-19-21-29(22-20-28)35(5,6)30-23-25-31(26-24-30)39-36(7)32(37-36)17-15-13-11-9-2/h28-31H,8-27H2,1-7H3. The van der Waals surface area contributed by atoms with Crippen molar-refractivity contribution in [2.24, 2.45) is 33.6 Å². The summed E-state index contributed by atoms with van der Waals surface area (Å²) in [7, 11) is 0. The van der Waals surface area contributed by atoms with Crippen LogP contribution < -0.4 is 0 Å². The minimum Gasteiger partial charge on any atom is -0.345 e. The summed E-state index contributed by atoms with van der Waals surface area (Å²) in [5, 5.41) is 0. The van der Waals surface area contributed by atoms with E-state index >= 15 is 0 Å². The number of unbranched alkanes of at least 4 members (excludes halogenated alkanes) is 7.